The van der Waals surface area contributed by atoms with Gasteiger partial charge in [0, 0.05) is 24.6 Å². The minimum atomic E-state index is -1.88. The first-order valence-corrected chi connectivity index (χ1v) is 12.6. The number of carbonyl (C=O) groups is 3. The lowest BCUT2D eigenvalue weighted by molar-refractivity contribution is -0.384. The molecule has 2 heterocycles. The van der Waals surface area contributed by atoms with Gasteiger partial charge in [0.15, 0.2) is 0 Å². The van der Waals surface area contributed by atoms with Crippen molar-refractivity contribution in [2.75, 3.05) is 4.90 Å². The summed E-state index contributed by atoms with van der Waals surface area (Å²) in [5.41, 5.74) is -0.958. The Morgan fingerprint density at radius 1 is 0.950 bits per heavy atom. The number of rotatable bonds is 6. The van der Waals surface area contributed by atoms with Crippen LogP contribution in [0.1, 0.15) is 17.2 Å². The lowest BCUT2D eigenvalue weighted by Crippen LogP contribution is -2.57. The van der Waals surface area contributed by atoms with Crippen molar-refractivity contribution < 1.29 is 29.5 Å². The van der Waals surface area contributed by atoms with E-state index in [1.807, 2.05) is 42.5 Å². The van der Waals surface area contributed by atoms with Crippen LogP contribution in [0.3, 0.4) is 0 Å². The number of amides is 2. The first-order valence-electron chi connectivity index (χ1n) is 12.6. The molecule has 6 rings (SSSR count). The molecule has 40 heavy (non-hydrogen) atoms. The van der Waals surface area contributed by atoms with E-state index >= 15 is 0 Å². The molecule has 2 aliphatic rings. The molecule has 0 spiro atoms. The summed E-state index contributed by atoms with van der Waals surface area (Å²) in [5, 5.41) is 36.8. The Balaban J connectivity index is 1.54. The molecule has 0 radical (unpaired) electrons. The number of phenolic OH excluding ortho intramolecular Hbond substituents is 1. The van der Waals surface area contributed by atoms with Crippen molar-refractivity contribution in [1.29, 1.82) is 0 Å². The van der Waals surface area contributed by atoms with Crippen LogP contribution in [0.5, 0.6) is 5.75 Å². The van der Waals surface area contributed by atoms with Gasteiger partial charge < -0.3 is 10.2 Å². The number of phenols is 1. The number of nitro groups is 1. The maximum Gasteiger partial charge on any atom is 0.325 e. The van der Waals surface area contributed by atoms with Gasteiger partial charge in [-0.15, -0.1) is 0 Å². The number of hydrogen-bond donors (Lipinski definition) is 3. The number of carbonyl (C=O) groups excluding carboxylic acids is 2. The number of aliphatic carboxylic acids is 1. The number of carboxylic acid groups (broad SMARTS) is 1. The van der Waals surface area contributed by atoms with Gasteiger partial charge in [-0.3, -0.25) is 29.8 Å². The molecule has 0 bridgehead atoms. The molecule has 4 aromatic rings. The fraction of sp³-hybridized carbons (Fsp3) is 0.167. The average molecular weight is 538 g/mol. The van der Waals surface area contributed by atoms with Crippen LogP contribution in [0.4, 0.5) is 11.4 Å². The van der Waals surface area contributed by atoms with E-state index in [-0.39, 0.29) is 23.5 Å². The smallest absolute Gasteiger partial charge is 0.325 e. The molecule has 10 nitrogen and oxygen atoms in total. The summed E-state index contributed by atoms with van der Waals surface area (Å²) >= 11 is 0. The van der Waals surface area contributed by atoms with Gasteiger partial charge in [-0.25, -0.2) is 4.90 Å². The molecule has 200 valence electrons. The lowest BCUT2D eigenvalue weighted by Gasteiger charge is -2.31. The second kappa shape index (κ2) is 9.28. The molecule has 4 atom stereocenters. The lowest BCUT2D eigenvalue weighted by atomic mass is 9.76. The maximum absolute atomic E-state index is 14.1. The van der Waals surface area contributed by atoms with Crippen molar-refractivity contribution in [3.05, 3.63) is 112 Å². The van der Waals surface area contributed by atoms with Gasteiger partial charge in [-0.1, -0.05) is 60.7 Å². The predicted octanol–water partition coefficient (Wildman–Crippen LogP) is 3.97. The van der Waals surface area contributed by atoms with E-state index in [9.17, 15) is 34.7 Å². The van der Waals surface area contributed by atoms with Crippen LogP contribution >= 0.6 is 0 Å². The van der Waals surface area contributed by atoms with Crippen molar-refractivity contribution in [1.82, 2.24) is 5.32 Å². The Bertz CT molecular complexity index is 1700. The number of benzene rings is 4. The minimum Gasteiger partial charge on any atom is -0.508 e. The summed E-state index contributed by atoms with van der Waals surface area (Å²) in [6.45, 7) is 0. The second-order valence-corrected chi connectivity index (χ2v) is 10.1. The van der Waals surface area contributed by atoms with E-state index in [2.05, 4.69) is 5.32 Å². The normalized spacial score (nSPS) is 23.9. The van der Waals surface area contributed by atoms with E-state index < -0.39 is 46.1 Å². The van der Waals surface area contributed by atoms with Crippen LogP contribution < -0.4 is 10.2 Å². The maximum atomic E-state index is 14.1. The zero-order valence-electron chi connectivity index (χ0n) is 20.9. The summed E-state index contributed by atoms with van der Waals surface area (Å²) in [4.78, 5) is 53.0. The Morgan fingerprint density at radius 2 is 1.65 bits per heavy atom. The quantitative estimate of drug-likeness (QED) is 0.190. The molecule has 2 fully saturated rings. The molecule has 4 unspecified atom stereocenters. The summed E-state index contributed by atoms with van der Waals surface area (Å²) in [5.74, 6) is -5.08. The van der Waals surface area contributed by atoms with Crippen molar-refractivity contribution in [2.24, 2.45) is 11.8 Å². The Kier molecular flexibility index (Phi) is 5.85. The van der Waals surface area contributed by atoms with Crippen molar-refractivity contribution in [3.63, 3.8) is 0 Å². The fourth-order valence-electron chi connectivity index (χ4n) is 6.16. The summed E-state index contributed by atoms with van der Waals surface area (Å²) < 4.78 is 0. The largest absolute Gasteiger partial charge is 0.508 e. The number of nitro benzene ring substituents is 1. The van der Waals surface area contributed by atoms with E-state index in [0.717, 1.165) is 21.7 Å². The van der Waals surface area contributed by atoms with Gasteiger partial charge in [0.25, 0.3) is 5.69 Å². The number of hydrogen-bond acceptors (Lipinski definition) is 7. The van der Waals surface area contributed by atoms with E-state index in [1.54, 1.807) is 12.1 Å². The van der Waals surface area contributed by atoms with Crippen molar-refractivity contribution in [3.8, 4) is 5.75 Å². The number of non-ortho nitro benzene ring substituents is 1. The summed E-state index contributed by atoms with van der Waals surface area (Å²) in [7, 11) is 0. The summed E-state index contributed by atoms with van der Waals surface area (Å²) in [6, 6.07) is 23.4. The number of nitrogens with one attached hydrogen (secondary N) is 1. The van der Waals surface area contributed by atoms with E-state index in [0.29, 0.717) is 11.1 Å². The number of carboxylic acids is 1. The van der Waals surface area contributed by atoms with Crippen LogP contribution in [-0.4, -0.2) is 38.5 Å². The zero-order chi connectivity index (χ0) is 28.2. The summed E-state index contributed by atoms with van der Waals surface area (Å²) in [6.07, 6.45) is -0.146. The topological polar surface area (TPSA) is 150 Å². The molecule has 0 aliphatic carbocycles. The van der Waals surface area contributed by atoms with Crippen LogP contribution in [0.15, 0.2) is 91.0 Å². The first kappa shape index (κ1) is 25.2. The number of anilines is 1. The van der Waals surface area contributed by atoms with Gasteiger partial charge in [-0.05, 0) is 40.1 Å². The molecule has 10 heteroatoms. The van der Waals surface area contributed by atoms with Gasteiger partial charge in [0.1, 0.15) is 11.3 Å². The average Bonchev–Trinajstić information content (AvgIpc) is 3.43. The van der Waals surface area contributed by atoms with Crippen molar-refractivity contribution >= 4 is 39.9 Å². The SMILES string of the molecule is O=C1C2C(c3cccc4ccccc34)NC(Cc3ccc(O)cc3)(C(=O)O)C2C(=O)N1c1cccc([N+](=O)[O-])c1. The van der Waals surface area contributed by atoms with Gasteiger partial charge in [-0.2, -0.15) is 0 Å². The highest BCUT2D eigenvalue weighted by atomic mass is 16.6. The molecule has 2 saturated heterocycles. The number of imide groups is 1. The van der Waals surface area contributed by atoms with E-state index in [4.69, 9.17) is 0 Å². The number of fused-ring (bicyclic) bond motifs is 2. The zero-order valence-corrected chi connectivity index (χ0v) is 20.9. The molecular weight excluding hydrogens is 514 g/mol. The molecule has 4 aromatic carbocycles. The van der Waals surface area contributed by atoms with Crippen molar-refractivity contribution in [2.45, 2.75) is 18.0 Å². The third kappa shape index (κ3) is 3.80. The monoisotopic (exact) mass is 537 g/mol. The van der Waals surface area contributed by atoms with Gasteiger partial charge in [0.2, 0.25) is 11.8 Å². The highest BCUT2D eigenvalue weighted by Gasteiger charge is 2.68. The highest BCUT2D eigenvalue weighted by molar-refractivity contribution is 6.24. The highest BCUT2D eigenvalue weighted by Crippen LogP contribution is 2.52. The third-order valence-corrected chi connectivity index (χ3v) is 7.91. The molecule has 2 amide bonds. The van der Waals surface area contributed by atoms with Gasteiger partial charge >= 0.3 is 5.97 Å². The van der Waals surface area contributed by atoms with E-state index in [1.165, 1.54) is 30.3 Å². The van der Waals surface area contributed by atoms with Crippen LogP contribution in [0.25, 0.3) is 10.8 Å². The van der Waals surface area contributed by atoms with Crippen LogP contribution in [-0.2, 0) is 20.8 Å². The molecular formula is C30H23N3O7. The second-order valence-electron chi connectivity index (χ2n) is 10.1. The Morgan fingerprint density at radius 3 is 2.38 bits per heavy atom. The molecule has 0 aromatic heterocycles. The molecule has 2 aliphatic heterocycles. The molecule has 3 N–H and O–H groups in total. The molecule has 0 saturated carbocycles. The predicted molar refractivity (Wildman–Crippen MR) is 145 cm³/mol. The minimum absolute atomic E-state index is 0.00276. The van der Waals surface area contributed by atoms with Gasteiger partial charge in [0.05, 0.1) is 22.4 Å². The fourth-order valence-corrected chi connectivity index (χ4v) is 6.16. The Hall–Kier alpha value is -5.09. The Labute approximate surface area is 227 Å². The third-order valence-electron chi connectivity index (χ3n) is 7.91. The number of aromatic hydroxyl groups is 1. The van der Waals surface area contributed by atoms with Crippen LogP contribution in [0, 0.1) is 22.0 Å². The first-order chi connectivity index (χ1) is 19.2. The van der Waals surface area contributed by atoms with Crippen LogP contribution in [0.2, 0.25) is 0 Å². The standard InChI is InChI=1S/C30H23N3O7/c34-21-13-11-17(12-14-21)16-30(29(37)38)25-24(26(31-30)23-10-3-6-18-5-1-2-9-22(18)23)27(35)32(28(25)36)19-7-4-8-20(15-19)33(39)40/h1-15,24-26,31,34H,16H2,(H,37,38). The number of nitrogens with zero attached hydrogens (tertiary/aromatic N) is 2.